The normalized spacial score (nSPS) is 15.4. The molecular weight excluding hydrogens is 213 g/mol. The standard InChI is InChI=1S/C5H5F3O6/c1-4(6,13-2(9)10)5(7,8)14-3(11)12/h1H3,(H,9,10)(H,11,12)/t4-/m1/s1. The van der Waals surface area contributed by atoms with Gasteiger partial charge in [-0.3, -0.25) is 0 Å². The molecule has 0 heterocycles. The molecule has 82 valence electrons. The van der Waals surface area contributed by atoms with Crippen LogP contribution in [0, 0.1) is 0 Å². The van der Waals surface area contributed by atoms with Crippen LogP contribution in [0.25, 0.3) is 0 Å². The van der Waals surface area contributed by atoms with Crippen LogP contribution >= 0.6 is 0 Å². The van der Waals surface area contributed by atoms with E-state index in [0.717, 1.165) is 0 Å². The zero-order valence-electron chi connectivity index (χ0n) is 6.66. The number of rotatable bonds is 3. The third kappa shape index (κ3) is 2.99. The van der Waals surface area contributed by atoms with Crippen molar-refractivity contribution in [2.24, 2.45) is 0 Å². The number of hydrogen-bond donors (Lipinski definition) is 2. The van der Waals surface area contributed by atoms with Crippen LogP contribution in [0.4, 0.5) is 22.8 Å². The molecule has 0 fully saturated rings. The lowest BCUT2D eigenvalue weighted by Crippen LogP contribution is -2.48. The highest BCUT2D eigenvalue weighted by molar-refractivity contribution is 5.58. The van der Waals surface area contributed by atoms with Crippen LogP contribution in [0.5, 0.6) is 0 Å². The Morgan fingerprint density at radius 3 is 1.71 bits per heavy atom. The maximum atomic E-state index is 12.7. The van der Waals surface area contributed by atoms with Gasteiger partial charge in [0, 0.05) is 6.92 Å². The summed E-state index contributed by atoms with van der Waals surface area (Å²) in [6.45, 7) is 0.0179. The van der Waals surface area contributed by atoms with Gasteiger partial charge in [0.05, 0.1) is 0 Å². The predicted molar refractivity (Wildman–Crippen MR) is 32.7 cm³/mol. The third-order valence-corrected chi connectivity index (χ3v) is 1.01. The lowest BCUT2D eigenvalue weighted by molar-refractivity contribution is -0.345. The van der Waals surface area contributed by atoms with Crippen molar-refractivity contribution in [2.45, 2.75) is 18.9 Å². The van der Waals surface area contributed by atoms with Gasteiger partial charge in [-0.05, 0) is 0 Å². The first-order valence-electron chi connectivity index (χ1n) is 2.99. The van der Waals surface area contributed by atoms with E-state index in [4.69, 9.17) is 10.2 Å². The van der Waals surface area contributed by atoms with Gasteiger partial charge in [0.15, 0.2) is 0 Å². The highest BCUT2D eigenvalue weighted by Crippen LogP contribution is 2.34. The number of alkyl halides is 3. The van der Waals surface area contributed by atoms with Crippen molar-refractivity contribution in [3.8, 4) is 0 Å². The van der Waals surface area contributed by atoms with Gasteiger partial charge in [-0.1, -0.05) is 0 Å². The van der Waals surface area contributed by atoms with Crippen molar-refractivity contribution in [3.05, 3.63) is 0 Å². The van der Waals surface area contributed by atoms with Crippen LogP contribution < -0.4 is 0 Å². The Bertz CT molecular complexity index is 224. The third-order valence-electron chi connectivity index (χ3n) is 1.01. The molecule has 14 heavy (non-hydrogen) atoms. The summed E-state index contributed by atoms with van der Waals surface area (Å²) in [7, 11) is 0. The summed E-state index contributed by atoms with van der Waals surface area (Å²) in [5, 5.41) is 15.6. The summed E-state index contributed by atoms with van der Waals surface area (Å²) < 4.78 is 43.6. The largest absolute Gasteiger partial charge is 0.510 e. The van der Waals surface area contributed by atoms with Gasteiger partial charge >= 0.3 is 24.3 Å². The first-order chi connectivity index (χ1) is 6.08. The summed E-state index contributed by atoms with van der Waals surface area (Å²) in [5.74, 6) is -4.09. The minimum atomic E-state index is -4.92. The average molecular weight is 218 g/mol. The van der Waals surface area contributed by atoms with E-state index in [0.29, 0.717) is 0 Å². The van der Waals surface area contributed by atoms with Gasteiger partial charge < -0.3 is 19.7 Å². The zero-order valence-corrected chi connectivity index (χ0v) is 6.66. The summed E-state index contributed by atoms with van der Waals surface area (Å²) in [4.78, 5) is 19.4. The Balaban J connectivity index is 4.67. The van der Waals surface area contributed by atoms with Gasteiger partial charge in [0.2, 0.25) is 0 Å². The Labute approximate surface area is 74.8 Å². The fourth-order valence-corrected chi connectivity index (χ4v) is 0.424. The van der Waals surface area contributed by atoms with E-state index >= 15 is 0 Å². The van der Waals surface area contributed by atoms with E-state index in [1.165, 1.54) is 0 Å². The Hall–Kier alpha value is -1.67. The molecule has 0 unspecified atom stereocenters. The molecule has 0 rings (SSSR count). The van der Waals surface area contributed by atoms with Crippen LogP contribution in [0.15, 0.2) is 0 Å². The van der Waals surface area contributed by atoms with E-state index in [-0.39, 0.29) is 6.92 Å². The fourth-order valence-electron chi connectivity index (χ4n) is 0.424. The maximum absolute atomic E-state index is 12.7. The summed E-state index contributed by atoms with van der Waals surface area (Å²) in [6, 6.07) is 0. The smallest absolute Gasteiger partial charge is 0.450 e. The summed E-state index contributed by atoms with van der Waals surface area (Å²) in [5.41, 5.74) is 0. The summed E-state index contributed by atoms with van der Waals surface area (Å²) in [6.07, 6.45) is -9.71. The van der Waals surface area contributed by atoms with Crippen LogP contribution in [0.3, 0.4) is 0 Å². The number of carbonyl (C=O) groups is 2. The maximum Gasteiger partial charge on any atom is 0.510 e. The average Bonchev–Trinajstić information content (AvgIpc) is 1.78. The second-order valence-corrected chi connectivity index (χ2v) is 2.17. The number of ether oxygens (including phenoxy) is 2. The molecule has 0 aromatic rings. The molecule has 1 atom stereocenters. The predicted octanol–water partition coefficient (Wildman–Crippen LogP) is 1.65. The van der Waals surface area contributed by atoms with E-state index in [1.54, 1.807) is 0 Å². The molecule has 6 nitrogen and oxygen atoms in total. The molecule has 0 saturated heterocycles. The zero-order chi connectivity index (χ0) is 11.6. The molecule has 9 heteroatoms. The molecule has 0 bridgehead atoms. The topological polar surface area (TPSA) is 93.1 Å². The van der Waals surface area contributed by atoms with Gasteiger partial charge in [-0.2, -0.15) is 13.2 Å². The SMILES string of the molecule is C[C@@](F)(OC(=O)O)C(F)(F)OC(=O)O. The van der Waals surface area contributed by atoms with Crippen LogP contribution in [-0.2, 0) is 9.47 Å². The monoisotopic (exact) mass is 218 g/mol. The van der Waals surface area contributed by atoms with Crippen LogP contribution in [0.2, 0.25) is 0 Å². The lowest BCUT2D eigenvalue weighted by atomic mass is 10.3. The number of hydrogen-bond acceptors (Lipinski definition) is 4. The molecule has 0 amide bonds. The van der Waals surface area contributed by atoms with Gasteiger partial charge in [0.1, 0.15) is 0 Å². The van der Waals surface area contributed by atoms with E-state index in [2.05, 4.69) is 9.47 Å². The molecular formula is C5H5F3O6. The molecule has 0 radical (unpaired) electrons. The highest BCUT2D eigenvalue weighted by atomic mass is 19.3. The van der Waals surface area contributed by atoms with Gasteiger partial charge in [-0.15, -0.1) is 0 Å². The van der Waals surface area contributed by atoms with Gasteiger partial charge in [0.25, 0.3) is 0 Å². The van der Waals surface area contributed by atoms with E-state index in [9.17, 15) is 22.8 Å². The van der Waals surface area contributed by atoms with E-state index in [1.807, 2.05) is 0 Å². The summed E-state index contributed by atoms with van der Waals surface area (Å²) >= 11 is 0. The van der Waals surface area contributed by atoms with Gasteiger partial charge in [-0.25, -0.2) is 9.59 Å². The van der Waals surface area contributed by atoms with Crippen molar-refractivity contribution < 1.29 is 42.4 Å². The quantitative estimate of drug-likeness (QED) is 0.699. The van der Waals surface area contributed by atoms with Crippen molar-refractivity contribution in [1.82, 2.24) is 0 Å². The number of halogens is 3. The molecule has 2 N–H and O–H groups in total. The Morgan fingerprint density at radius 1 is 1.07 bits per heavy atom. The van der Waals surface area contributed by atoms with Crippen molar-refractivity contribution in [2.75, 3.05) is 0 Å². The first kappa shape index (κ1) is 12.3. The highest BCUT2D eigenvalue weighted by Gasteiger charge is 2.59. The Morgan fingerprint density at radius 2 is 1.43 bits per heavy atom. The number of carboxylic acid groups (broad SMARTS) is 2. The molecule has 0 saturated carbocycles. The minimum Gasteiger partial charge on any atom is -0.450 e. The van der Waals surface area contributed by atoms with Crippen LogP contribution in [-0.4, -0.2) is 34.5 Å². The fraction of sp³-hybridized carbons (Fsp3) is 0.600. The van der Waals surface area contributed by atoms with Crippen LogP contribution in [0.1, 0.15) is 6.92 Å². The molecule has 0 aliphatic heterocycles. The van der Waals surface area contributed by atoms with Crippen molar-refractivity contribution in [3.63, 3.8) is 0 Å². The molecule has 0 spiro atoms. The second kappa shape index (κ2) is 3.60. The molecule has 0 aliphatic rings. The molecule has 0 aromatic carbocycles. The molecule has 0 aromatic heterocycles. The van der Waals surface area contributed by atoms with Crippen molar-refractivity contribution >= 4 is 12.3 Å². The Kier molecular flexibility index (Phi) is 3.17. The minimum absolute atomic E-state index is 0.0179. The van der Waals surface area contributed by atoms with Crippen molar-refractivity contribution in [1.29, 1.82) is 0 Å². The first-order valence-corrected chi connectivity index (χ1v) is 2.99. The molecule has 0 aliphatic carbocycles. The lowest BCUT2D eigenvalue weighted by Gasteiger charge is -2.25. The second-order valence-electron chi connectivity index (χ2n) is 2.17. The van der Waals surface area contributed by atoms with E-state index < -0.39 is 24.3 Å².